The number of nitrogens with one attached hydrogen (secondary N) is 2. The normalized spacial score (nSPS) is 17.6. The number of aromatic hydroxyl groups is 2. The predicted molar refractivity (Wildman–Crippen MR) is 231 cm³/mol. The van der Waals surface area contributed by atoms with Gasteiger partial charge in [-0.1, -0.05) is 48.5 Å². The van der Waals surface area contributed by atoms with Crippen LogP contribution >= 0.6 is 0 Å². The van der Waals surface area contributed by atoms with Crippen LogP contribution < -0.4 is 21.3 Å². The molecular formula is C44H51N12O4+3. The number of phenols is 2. The average Bonchev–Trinajstić information content (AvgIpc) is 3.79. The number of quaternary nitrogens is 2. The van der Waals surface area contributed by atoms with Crippen LogP contribution in [0.25, 0.3) is 21.5 Å². The quantitative estimate of drug-likeness (QED) is 0.0447. The number of nitrogens with zero attached hydrogens (tertiary/aromatic N) is 8. The number of fused-ring (bicyclic) bond motifs is 2. The Morgan fingerprint density at radius 3 is 1.83 bits per heavy atom. The largest absolute Gasteiger partial charge is 0.524 e. The predicted octanol–water partition coefficient (Wildman–Crippen LogP) is 4.01. The van der Waals surface area contributed by atoms with E-state index in [2.05, 4.69) is 20.5 Å². The number of guanidine groups is 1. The van der Waals surface area contributed by atoms with Gasteiger partial charge in [0.1, 0.15) is 58.0 Å². The molecule has 60 heavy (non-hydrogen) atoms. The molecule has 0 saturated carbocycles. The Morgan fingerprint density at radius 1 is 0.750 bits per heavy atom. The summed E-state index contributed by atoms with van der Waals surface area (Å²) in [6.07, 6.45) is 8.92. The highest BCUT2D eigenvalue weighted by atomic mass is 16.3. The van der Waals surface area contributed by atoms with Crippen LogP contribution in [-0.4, -0.2) is 108 Å². The minimum Gasteiger partial charge on any atom is -0.506 e. The van der Waals surface area contributed by atoms with Crippen molar-refractivity contribution in [3.63, 3.8) is 0 Å². The Hall–Kier alpha value is -7.17. The summed E-state index contributed by atoms with van der Waals surface area (Å²) in [5.41, 5.74) is 14.6. The highest BCUT2D eigenvalue weighted by Crippen LogP contribution is 2.40. The molecule has 308 valence electrons. The van der Waals surface area contributed by atoms with Gasteiger partial charge in [0, 0.05) is 69.0 Å². The second-order valence-electron chi connectivity index (χ2n) is 15.1. The Balaban J connectivity index is 0.884. The summed E-state index contributed by atoms with van der Waals surface area (Å²) >= 11 is 0. The van der Waals surface area contributed by atoms with Gasteiger partial charge in [-0.3, -0.25) is 14.5 Å². The molecule has 7 rings (SSSR count). The average molecular weight is 812 g/mol. The van der Waals surface area contributed by atoms with Crippen molar-refractivity contribution in [2.24, 2.45) is 20.5 Å². The van der Waals surface area contributed by atoms with Crippen LogP contribution in [0.1, 0.15) is 33.6 Å². The van der Waals surface area contributed by atoms with Gasteiger partial charge in [0.15, 0.2) is 0 Å². The van der Waals surface area contributed by atoms with Gasteiger partial charge in [-0.15, -0.1) is 10.2 Å². The van der Waals surface area contributed by atoms with Gasteiger partial charge < -0.3 is 36.4 Å². The molecule has 2 aliphatic heterocycles. The second kappa shape index (κ2) is 17.8. The summed E-state index contributed by atoms with van der Waals surface area (Å²) in [4.78, 5) is 34.0. The summed E-state index contributed by atoms with van der Waals surface area (Å²) in [6, 6.07) is 25.1. The molecule has 16 nitrogen and oxygen atoms in total. The minimum atomic E-state index is -0.333. The van der Waals surface area contributed by atoms with Gasteiger partial charge in [-0.2, -0.15) is 9.48 Å². The molecule has 0 saturated heterocycles. The zero-order valence-corrected chi connectivity index (χ0v) is 34.2. The molecule has 2 amide bonds. The van der Waals surface area contributed by atoms with E-state index in [1.165, 1.54) is 0 Å². The number of rotatable bonds is 13. The maximum Gasteiger partial charge on any atom is 0.524 e. The van der Waals surface area contributed by atoms with E-state index >= 15 is 0 Å². The van der Waals surface area contributed by atoms with Crippen molar-refractivity contribution in [2.45, 2.75) is 19.1 Å². The first-order valence-corrected chi connectivity index (χ1v) is 19.7. The van der Waals surface area contributed by atoms with Crippen LogP contribution in [0.2, 0.25) is 0 Å². The topological polar surface area (TPSA) is 198 Å². The fourth-order valence-corrected chi connectivity index (χ4v) is 7.43. The first kappa shape index (κ1) is 41.0. The van der Waals surface area contributed by atoms with Crippen LogP contribution in [0.3, 0.4) is 0 Å². The van der Waals surface area contributed by atoms with Crippen LogP contribution in [0, 0.1) is 0 Å². The van der Waals surface area contributed by atoms with E-state index in [1.807, 2.05) is 96.9 Å². The molecule has 0 spiro atoms. The highest BCUT2D eigenvalue weighted by molar-refractivity contribution is 6.01. The molecule has 2 aliphatic rings. The number of carbonyl (C=O) groups is 2. The molecule has 5 aromatic rings. The lowest BCUT2D eigenvalue weighted by Gasteiger charge is -2.22. The Morgan fingerprint density at radius 2 is 1.27 bits per heavy atom. The summed E-state index contributed by atoms with van der Waals surface area (Å²) in [6.45, 7) is 2.37. The smallest absolute Gasteiger partial charge is 0.506 e. The molecule has 3 atom stereocenters. The number of anilines is 2. The van der Waals surface area contributed by atoms with Crippen molar-refractivity contribution in [1.82, 2.24) is 14.7 Å². The third kappa shape index (κ3) is 8.64. The number of phenolic OH excluding ortho intramolecular Hbond substituents is 2. The van der Waals surface area contributed by atoms with Crippen molar-refractivity contribution >= 4 is 62.1 Å². The number of hydrogen-bond donors (Lipinski definition) is 6. The van der Waals surface area contributed by atoms with Crippen molar-refractivity contribution in [1.29, 1.82) is 0 Å². The molecule has 5 aromatic carbocycles. The molecular weight excluding hydrogens is 761 g/mol. The van der Waals surface area contributed by atoms with Crippen LogP contribution in [0.15, 0.2) is 130 Å². The summed E-state index contributed by atoms with van der Waals surface area (Å²) < 4.78 is 1.88. The number of nitrogens with two attached hydrogens (primary N) is 2. The number of amides is 2. The molecule has 0 bridgehead atoms. The third-order valence-corrected chi connectivity index (χ3v) is 10.9. The summed E-state index contributed by atoms with van der Waals surface area (Å²) in [5, 5.41) is 42.1. The van der Waals surface area contributed by atoms with Crippen LogP contribution in [0.5, 0.6) is 11.5 Å². The monoisotopic (exact) mass is 811 g/mol. The summed E-state index contributed by atoms with van der Waals surface area (Å²) in [7, 11) is 7.35. The van der Waals surface area contributed by atoms with E-state index in [0.29, 0.717) is 67.5 Å². The fraction of sp³-hybridized carbons (Fsp3) is 0.250. The zero-order chi connectivity index (χ0) is 42.5. The van der Waals surface area contributed by atoms with E-state index in [9.17, 15) is 19.8 Å². The number of benzene rings is 5. The lowest BCUT2D eigenvalue weighted by atomic mass is 10.1. The zero-order valence-electron chi connectivity index (χ0n) is 34.2. The van der Waals surface area contributed by atoms with Crippen molar-refractivity contribution in [3.05, 3.63) is 121 Å². The maximum atomic E-state index is 13.4. The van der Waals surface area contributed by atoms with Crippen molar-refractivity contribution in [2.75, 3.05) is 65.8 Å². The third-order valence-electron chi connectivity index (χ3n) is 10.9. The van der Waals surface area contributed by atoms with Crippen molar-refractivity contribution < 1.29 is 34.2 Å². The molecule has 3 unspecified atom stereocenters. The summed E-state index contributed by atoms with van der Waals surface area (Å²) in [5.74, 6) is 0.311. The first-order chi connectivity index (χ1) is 28.9. The first-order valence-electron chi connectivity index (χ1n) is 19.7. The fourth-order valence-electron chi connectivity index (χ4n) is 7.43. The van der Waals surface area contributed by atoms with Crippen LogP contribution in [0.4, 0.5) is 22.7 Å². The number of carbonyl (C=O) groups excluding carboxylic acids is 2. The molecule has 8 N–H and O–H groups in total. The van der Waals surface area contributed by atoms with Gasteiger partial charge in [-0.05, 0) is 52.3 Å². The van der Waals surface area contributed by atoms with E-state index in [4.69, 9.17) is 11.5 Å². The van der Waals surface area contributed by atoms with E-state index in [1.54, 1.807) is 60.3 Å². The SMILES string of the molecule is CN(CCC[NH+]1C=C[N+](C)=C1N=Nc1c(N)c(O)cc2ccccc12)C(=O)c1ccc(C(=O)N(C)CCC[NH+]2C=CN(C)C2N=Nc2c(N)c(O)cc3ccccc23)cc1. The second-order valence-corrected chi connectivity index (χ2v) is 15.1. The highest BCUT2D eigenvalue weighted by Gasteiger charge is 2.32. The molecule has 0 fully saturated rings. The van der Waals surface area contributed by atoms with Crippen molar-refractivity contribution in [3.8, 4) is 11.5 Å². The lowest BCUT2D eigenvalue weighted by molar-refractivity contribution is -0.877. The Bertz CT molecular complexity index is 2590. The molecule has 2 heterocycles. The standard InChI is InChI=1S/C44H48N12O4/c1-51(19-9-21-55-25-23-53(3)43(55)49-47-39-33-13-7-5-11-31(33)27-35(57)37(39)45)41(59)29-15-17-30(18-16-29)42(60)52(2)20-10-22-56-26-24-54(4)44(56)50-48-40-34-14-8-6-12-32(34)28-36(58)38(40)46/h5-8,11-18,23-28,43H,9-10,19-22H2,1-4H3,(H5,45,46,47,48,49,57,58,59,60)/p+3. The van der Waals surface area contributed by atoms with E-state index < -0.39 is 0 Å². The molecule has 16 heteroatoms. The van der Waals surface area contributed by atoms with Gasteiger partial charge in [-0.25, -0.2) is 0 Å². The maximum absolute atomic E-state index is 13.4. The van der Waals surface area contributed by atoms with Gasteiger partial charge in [0.25, 0.3) is 18.1 Å². The molecule has 0 aliphatic carbocycles. The number of nitrogen functional groups attached to an aromatic ring is 2. The van der Waals surface area contributed by atoms with Gasteiger partial charge >= 0.3 is 5.96 Å². The Kier molecular flexibility index (Phi) is 12.1. The lowest BCUT2D eigenvalue weighted by Crippen LogP contribution is -3.11. The minimum absolute atomic E-state index is 0.0366. The molecule has 0 radical (unpaired) electrons. The number of azo groups is 2. The van der Waals surface area contributed by atoms with Gasteiger partial charge in [0.05, 0.1) is 26.3 Å². The molecule has 0 aromatic heterocycles. The van der Waals surface area contributed by atoms with Gasteiger partial charge in [0.2, 0.25) is 0 Å². The number of hydrogen-bond acceptors (Lipinski definition) is 11. The van der Waals surface area contributed by atoms with E-state index in [0.717, 1.165) is 31.3 Å². The van der Waals surface area contributed by atoms with E-state index in [-0.39, 0.29) is 41.0 Å². The Labute approximate surface area is 347 Å². The van der Waals surface area contributed by atoms with Crippen LogP contribution in [-0.2, 0) is 0 Å².